The minimum atomic E-state index is -4.05. The summed E-state index contributed by atoms with van der Waals surface area (Å²) in [6, 6.07) is 17.5. The van der Waals surface area contributed by atoms with Gasteiger partial charge in [0.05, 0.1) is 26.8 Å². The fraction of sp³-hybridized carbons (Fsp3) is 0.0909. The molecule has 1 amide bonds. The molecule has 0 unspecified atom stereocenters. The van der Waals surface area contributed by atoms with Crippen LogP contribution in [-0.2, 0) is 14.8 Å². The van der Waals surface area contributed by atoms with Crippen molar-refractivity contribution in [2.45, 2.75) is 11.8 Å². The number of hydrogen-bond acceptors (Lipinski definition) is 4. The predicted octanol–water partition coefficient (Wildman–Crippen LogP) is 5.30. The monoisotopic (exact) mass is 509 g/mol. The molecular weight excluding hydrogens is 493 g/mol. The Morgan fingerprint density at radius 3 is 2.41 bits per heavy atom. The largest absolute Gasteiger partial charge is 0.271 e. The highest BCUT2D eigenvalue weighted by Gasteiger charge is 2.28. The summed E-state index contributed by atoms with van der Waals surface area (Å²) >= 11 is 17.9. The lowest BCUT2D eigenvalue weighted by atomic mass is 10.2. The van der Waals surface area contributed by atoms with Gasteiger partial charge in [-0.25, -0.2) is 13.8 Å². The van der Waals surface area contributed by atoms with Crippen LogP contribution in [-0.4, -0.2) is 27.1 Å². The van der Waals surface area contributed by atoms with Crippen molar-refractivity contribution in [2.24, 2.45) is 5.10 Å². The van der Waals surface area contributed by atoms with Gasteiger partial charge in [-0.2, -0.15) is 5.10 Å². The van der Waals surface area contributed by atoms with Gasteiger partial charge in [0.2, 0.25) is 0 Å². The van der Waals surface area contributed by atoms with Crippen LogP contribution < -0.4 is 9.73 Å². The summed E-state index contributed by atoms with van der Waals surface area (Å²) in [6.07, 6.45) is 1.38. The zero-order chi connectivity index (χ0) is 23.3. The van der Waals surface area contributed by atoms with Crippen molar-refractivity contribution in [3.05, 3.63) is 92.9 Å². The fourth-order valence-electron chi connectivity index (χ4n) is 2.81. The summed E-state index contributed by atoms with van der Waals surface area (Å²) in [4.78, 5) is 12.6. The van der Waals surface area contributed by atoms with Gasteiger partial charge >= 0.3 is 0 Å². The highest BCUT2D eigenvalue weighted by Crippen LogP contribution is 2.29. The Morgan fingerprint density at radius 2 is 1.72 bits per heavy atom. The molecule has 6 nitrogen and oxygen atoms in total. The molecule has 0 radical (unpaired) electrons. The molecule has 10 heteroatoms. The quantitative estimate of drug-likeness (QED) is 0.346. The first-order valence-corrected chi connectivity index (χ1v) is 11.9. The molecule has 0 saturated heterocycles. The summed E-state index contributed by atoms with van der Waals surface area (Å²) in [5, 5.41) is 4.97. The van der Waals surface area contributed by atoms with E-state index in [9.17, 15) is 13.2 Å². The molecule has 3 rings (SSSR count). The van der Waals surface area contributed by atoms with E-state index >= 15 is 0 Å². The first-order chi connectivity index (χ1) is 15.2. The number of hydrazone groups is 1. The van der Waals surface area contributed by atoms with Gasteiger partial charge in [-0.05, 0) is 54.4 Å². The zero-order valence-corrected chi connectivity index (χ0v) is 19.9. The normalized spacial score (nSPS) is 11.5. The molecule has 0 bridgehead atoms. The van der Waals surface area contributed by atoms with E-state index in [0.717, 1.165) is 4.31 Å². The molecule has 0 saturated carbocycles. The number of nitrogens with zero attached hydrogens (tertiary/aromatic N) is 2. The Hall–Kier alpha value is -2.58. The Kier molecular flexibility index (Phi) is 7.79. The van der Waals surface area contributed by atoms with Crippen molar-refractivity contribution in [1.29, 1.82) is 0 Å². The molecule has 0 aliphatic carbocycles. The average molecular weight is 511 g/mol. The number of rotatable bonds is 7. The third-order valence-corrected chi connectivity index (χ3v) is 7.15. The van der Waals surface area contributed by atoms with Gasteiger partial charge < -0.3 is 0 Å². The lowest BCUT2D eigenvalue weighted by Gasteiger charge is -2.25. The van der Waals surface area contributed by atoms with E-state index in [-0.39, 0.29) is 4.90 Å². The Bertz CT molecular complexity index is 1270. The Labute approximate surface area is 201 Å². The first-order valence-electron chi connectivity index (χ1n) is 9.29. The average Bonchev–Trinajstić information content (AvgIpc) is 2.77. The van der Waals surface area contributed by atoms with Gasteiger partial charge in [0.25, 0.3) is 15.9 Å². The number of hydrogen-bond donors (Lipinski definition) is 1. The van der Waals surface area contributed by atoms with E-state index in [1.165, 1.54) is 24.4 Å². The Balaban J connectivity index is 1.87. The van der Waals surface area contributed by atoms with Crippen molar-refractivity contribution < 1.29 is 13.2 Å². The topological polar surface area (TPSA) is 78.8 Å². The van der Waals surface area contributed by atoms with E-state index in [2.05, 4.69) is 10.5 Å². The van der Waals surface area contributed by atoms with Gasteiger partial charge in [0.15, 0.2) is 0 Å². The molecule has 32 heavy (non-hydrogen) atoms. The van der Waals surface area contributed by atoms with Crippen LogP contribution >= 0.6 is 34.8 Å². The van der Waals surface area contributed by atoms with Crippen LogP contribution in [0.2, 0.25) is 15.1 Å². The third kappa shape index (κ3) is 5.81. The standard InChI is InChI=1S/C22H18Cl3N3O3S/c1-15-7-9-17(23)12-21(15)28(32(30,31)18-5-3-2-4-6-18)14-22(29)27-26-13-16-8-10-19(24)20(25)11-16/h2-13H,14H2,1H3,(H,27,29)/b26-13-. The molecule has 166 valence electrons. The van der Waals surface area contributed by atoms with Crippen LogP contribution in [0.3, 0.4) is 0 Å². The smallest absolute Gasteiger partial charge is 0.264 e. The highest BCUT2D eigenvalue weighted by molar-refractivity contribution is 7.92. The molecule has 0 spiro atoms. The zero-order valence-electron chi connectivity index (χ0n) is 16.8. The van der Waals surface area contributed by atoms with Gasteiger partial charge in [0.1, 0.15) is 6.54 Å². The molecule has 0 aliphatic rings. The van der Waals surface area contributed by atoms with Gasteiger partial charge in [0, 0.05) is 5.02 Å². The van der Waals surface area contributed by atoms with Crippen LogP contribution in [0.5, 0.6) is 0 Å². The summed E-state index contributed by atoms with van der Waals surface area (Å²) in [5.74, 6) is -0.639. The summed E-state index contributed by atoms with van der Waals surface area (Å²) in [6.45, 7) is 1.23. The van der Waals surface area contributed by atoms with Crippen molar-refractivity contribution in [3.8, 4) is 0 Å². The second kappa shape index (κ2) is 10.4. The highest BCUT2D eigenvalue weighted by atomic mass is 35.5. The maximum absolute atomic E-state index is 13.3. The number of nitrogens with one attached hydrogen (secondary N) is 1. The molecule has 3 aromatic carbocycles. The molecule has 0 aliphatic heterocycles. The van der Waals surface area contributed by atoms with Gasteiger partial charge in [-0.3, -0.25) is 9.10 Å². The number of benzene rings is 3. The molecule has 0 aromatic heterocycles. The van der Waals surface area contributed by atoms with Crippen LogP contribution in [0.15, 0.2) is 76.7 Å². The van der Waals surface area contributed by atoms with Crippen LogP contribution in [0, 0.1) is 6.92 Å². The maximum atomic E-state index is 13.3. The van der Waals surface area contributed by atoms with Crippen molar-refractivity contribution >= 4 is 62.6 Å². The second-order valence-corrected chi connectivity index (χ2v) is 9.84. The van der Waals surface area contributed by atoms with Crippen molar-refractivity contribution in [3.63, 3.8) is 0 Å². The first kappa shape index (κ1) is 24.1. The van der Waals surface area contributed by atoms with Crippen molar-refractivity contribution in [2.75, 3.05) is 10.8 Å². The number of amides is 1. The third-order valence-electron chi connectivity index (χ3n) is 4.40. The SMILES string of the molecule is Cc1ccc(Cl)cc1N(CC(=O)N/N=C\c1ccc(Cl)c(Cl)c1)S(=O)(=O)c1ccccc1. The number of anilines is 1. The maximum Gasteiger partial charge on any atom is 0.264 e. The van der Waals surface area contributed by atoms with Gasteiger partial charge in [-0.1, -0.05) is 65.1 Å². The molecular formula is C22H18Cl3N3O3S. The lowest BCUT2D eigenvalue weighted by molar-refractivity contribution is -0.119. The van der Waals surface area contributed by atoms with Gasteiger partial charge in [-0.15, -0.1) is 0 Å². The molecule has 1 N–H and O–H groups in total. The summed E-state index contributed by atoms with van der Waals surface area (Å²) in [5.41, 5.74) is 3.88. The molecule has 3 aromatic rings. The van der Waals surface area contributed by atoms with E-state index < -0.39 is 22.5 Å². The minimum Gasteiger partial charge on any atom is -0.271 e. The fourth-order valence-corrected chi connectivity index (χ4v) is 4.78. The molecule has 0 fully saturated rings. The molecule has 0 heterocycles. The number of carbonyl (C=O) groups is 1. The lowest BCUT2D eigenvalue weighted by Crippen LogP contribution is -2.40. The van der Waals surface area contributed by atoms with Crippen LogP contribution in [0.1, 0.15) is 11.1 Å². The summed E-state index contributed by atoms with van der Waals surface area (Å²) < 4.78 is 27.7. The summed E-state index contributed by atoms with van der Waals surface area (Å²) in [7, 11) is -4.05. The predicted molar refractivity (Wildman–Crippen MR) is 129 cm³/mol. The van der Waals surface area contributed by atoms with E-state index in [0.29, 0.717) is 31.9 Å². The second-order valence-electron chi connectivity index (χ2n) is 6.72. The van der Waals surface area contributed by atoms with Crippen LogP contribution in [0.4, 0.5) is 5.69 Å². The molecule has 0 atom stereocenters. The van der Waals surface area contributed by atoms with Crippen molar-refractivity contribution in [1.82, 2.24) is 5.43 Å². The van der Waals surface area contributed by atoms with E-state index in [1.54, 1.807) is 55.5 Å². The number of carbonyl (C=O) groups excluding carboxylic acids is 1. The van der Waals surface area contributed by atoms with Crippen LogP contribution in [0.25, 0.3) is 0 Å². The van der Waals surface area contributed by atoms with E-state index in [4.69, 9.17) is 34.8 Å². The number of sulfonamides is 1. The van der Waals surface area contributed by atoms with E-state index in [1.807, 2.05) is 0 Å². The number of aryl methyl sites for hydroxylation is 1. The Morgan fingerprint density at radius 1 is 1.00 bits per heavy atom. The minimum absolute atomic E-state index is 0.0477. The number of halogens is 3.